The van der Waals surface area contributed by atoms with Gasteiger partial charge in [-0.2, -0.15) is 16.8 Å². The number of fused-ring (bicyclic) bond motifs is 4. The summed E-state index contributed by atoms with van der Waals surface area (Å²) in [6, 6.07) is 16.8. The molecule has 0 spiro atoms. The molecule has 400 valence electrons. The molecular weight excluding hydrogens is 1030 g/mol. The molecule has 4 bridgehead atoms. The highest BCUT2D eigenvalue weighted by Gasteiger charge is 2.71. The molecule has 14 nitrogen and oxygen atoms in total. The van der Waals surface area contributed by atoms with E-state index in [0.717, 1.165) is 67.3 Å². The van der Waals surface area contributed by atoms with Crippen molar-refractivity contribution in [1.29, 1.82) is 0 Å². The van der Waals surface area contributed by atoms with Crippen LogP contribution in [0.25, 0.3) is 21.5 Å². The van der Waals surface area contributed by atoms with Gasteiger partial charge in [-0.05, 0) is 126 Å². The predicted molar refractivity (Wildman–Crippen MR) is 288 cm³/mol. The van der Waals surface area contributed by atoms with Gasteiger partial charge in [0.05, 0.1) is 39.2 Å². The van der Waals surface area contributed by atoms with Gasteiger partial charge in [0.25, 0.3) is 43.9 Å². The molecule has 4 saturated carbocycles. The second kappa shape index (κ2) is 19.8. The van der Waals surface area contributed by atoms with Crippen LogP contribution in [0.4, 0.5) is 0 Å². The van der Waals surface area contributed by atoms with Crippen LogP contribution >= 0.6 is 23.5 Å². The van der Waals surface area contributed by atoms with E-state index in [1.807, 2.05) is 39.8 Å². The largest absolute Gasteiger partial charge is 0.303 e. The smallest absolute Gasteiger partial charge is 0.289 e. The number of carbonyl (C=O) groups excluding carboxylic acids is 6. The Morgan fingerprint density at radius 1 is 0.640 bits per heavy atom. The van der Waals surface area contributed by atoms with Gasteiger partial charge >= 0.3 is 0 Å². The van der Waals surface area contributed by atoms with Crippen LogP contribution in [0, 0.1) is 45.3 Å². The van der Waals surface area contributed by atoms with Gasteiger partial charge in [-0.15, -0.1) is 42.2 Å². The van der Waals surface area contributed by atoms with Crippen molar-refractivity contribution < 1.29 is 54.2 Å². The first-order valence-electron chi connectivity index (χ1n) is 26.6. The van der Waals surface area contributed by atoms with Gasteiger partial charge in [-0.25, -0.2) is 0 Å². The predicted octanol–water partition coefficient (Wildman–Crippen LogP) is 11.4. The summed E-state index contributed by atoms with van der Waals surface area (Å²) in [5.41, 5.74) is -3.02. The van der Waals surface area contributed by atoms with Gasteiger partial charge in [0.2, 0.25) is 0 Å². The lowest BCUT2D eigenvalue weighted by Gasteiger charge is -2.37. The third-order valence-electron chi connectivity index (χ3n) is 18.7. The van der Waals surface area contributed by atoms with E-state index in [1.54, 1.807) is 54.2 Å². The number of amides is 4. The number of imide groups is 2. The zero-order valence-electron chi connectivity index (χ0n) is 43.5. The lowest BCUT2D eigenvalue weighted by atomic mass is 9.70. The minimum absolute atomic E-state index is 0.0290. The standard InChI is InChI=1S/C57H66N2O12S4/c1-7-9-11-12-13-20-45(73-44-24-22-40-47-36(44)17-15-19-38(47)51(63)58(53(40)65)70-74(66,67)32-56-27-25-41(54(56,3)4)34(30-56)31-60)48-42-26-28-57(49(48)61,55(42,5)6)33-75(68,69)71-59-50(62)37-18-14-16-35-43(72-29-10-8-2)23-21-39(46(35)37)52(59)64/h14-19,21-24,31,34,41-42,45,48H,7-13,20,25-30,32-33H2,1-6H3. The van der Waals surface area contributed by atoms with Crippen molar-refractivity contribution in [3.63, 3.8) is 0 Å². The van der Waals surface area contributed by atoms with Crippen LogP contribution in [0.5, 0.6) is 0 Å². The summed E-state index contributed by atoms with van der Waals surface area (Å²) in [7, 11) is -9.28. The van der Waals surface area contributed by atoms with Crippen molar-refractivity contribution in [1.82, 2.24) is 10.1 Å². The Balaban J connectivity index is 0.910. The van der Waals surface area contributed by atoms with E-state index >= 15 is 4.79 Å². The number of hydrogen-bond donors (Lipinski definition) is 0. The number of unbranched alkanes of at least 4 members (excludes halogenated alkanes) is 5. The topological polar surface area (TPSA) is 196 Å². The maximum atomic E-state index is 15.4. The van der Waals surface area contributed by atoms with E-state index < -0.39 is 82.9 Å². The third-order valence-corrected chi connectivity index (χ3v) is 23.8. The summed E-state index contributed by atoms with van der Waals surface area (Å²) in [5.74, 6) is -5.25. The van der Waals surface area contributed by atoms with Crippen LogP contribution in [0.1, 0.15) is 166 Å². The quantitative estimate of drug-likeness (QED) is 0.0312. The molecule has 0 radical (unpaired) electrons. The lowest BCUT2D eigenvalue weighted by molar-refractivity contribution is -0.131. The Labute approximate surface area is 448 Å². The Morgan fingerprint density at radius 2 is 1.17 bits per heavy atom. The first-order chi connectivity index (χ1) is 35.6. The summed E-state index contributed by atoms with van der Waals surface area (Å²) in [6.07, 6.45) is 10.8. The highest BCUT2D eigenvalue weighted by molar-refractivity contribution is 8.00. The van der Waals surface area contributed by atoms with E-state index in [0.29, 0.717) is 63.3 Å². The van der Waals surface area contributed by atoms with Crippen molar-refractivity contribution in [2.45, 2.75) is 140 Å². The number of thioether (sulfide) groups is 2. The van der Waals surface area contributed by atoms with Crippen molar-refractivity contribution in [3.8, 4) is 0 Å². The minimum Gasteiger partial charge on any atom is -0.303 e. The van der Waals surface area contributed by atoms with Crippen LogP contribution in [-0.4, -0.2) is 85.2 Å². The molecule has 0 N–H and O–H groups in total. The van der Waals surface area contributed by atoms with Crippen molar-refractivity contribution >= 4 is 101 Å². The van der Waals surface area contributed by atoms with Gasteiger partial charge in [0, 0.05) is 37.6 Å². The highest BCUT2D eigenvalue weighted by Crippen LogP contribution is 2.69. The van der Waals surface area contributed by atoms with E-state index in [4.69, 9.17) is 8.57 Å². The lowest BCUT2D eigenvalue weighted by Crippen LogP contribution is -2.47. The third kappa shape index (κ3) is 8.74. The number of benzene rings is 4. The molecule has 4 amide bonds. The Hall–Kier alpha value is -4.46. The molecule has 75 heavy (non-hydrogen) atoms. The molecule has 4 fully saturated rings. The molecule has 2 aliphatic heterocycles. The molecule has 4 aromatic carbocycles. The fourth-order valence-corrected chi connectivity index (χ4v) is 20.6. The first kappa shape index (κ1) is 53.9. The zero-order valence-corrected chi connectivity index (χ0v) is 46.7. The van der Waals surface area contributed by atoms with Gasteiger partial charge in [-0.3, -0.25) is 24.0 Å². The first-order valence-corrected chi connectivity index (χ1v) is 31.6. The Morgan fingerprint density at radius 3 is 1.75 bits per heavy atom. The van der Waals surface area contributed by atoms with Crippen molar-refractivity contribution in [2.24, 2.45) is 45.3 Å². The van der Waals surface area contributed by atoms with E-state index in [1.165, 1.54) is 17.8 Å². The van der Waals surface area contributed by atoms with Crippen LogP contribution < -0.4 is 0 Å². The average molecular weight is 1100 g/mol. The molecule has 0 aromatic heterocycles. The maximum Gasteiger partial charge on any atom is 0.289 e. The number of carbonyl (C=O) groups is 6. The number of rotatable bonds is 22. The Kier molecular flexibility index (Phi) is 14.2. The maximum absolute atomic E-state index is 15.4. The number of hydroxylamine groups is 4. The van der Waals surface area contributed by atoms with Crippen LogP contribution in [0.15, 0.2) is 70.5 Å². The second-order valence-electron chi connectivity index (χ2n) is 23.1. The molecule has 7 unspecified atom stereocenters. The number of aldehydes is 1. The minimum atomic E-state index is -4.76. The molecule has 7 atom stereocenters. The van der Waals surface area contributed by atoms with Gasteiger partial charge in [-0.1, -0.05) is 104 Å². The number of hydrogen-bond acceptors (Lipinski definition) is 14. The molecular formula is C57H66N2O12S4. The monoisotopic (exact) mass is 1100 g/mol. The number of Topliss-reactive ketones (excluding diaryl/α,β-unsaturated/α-hetero) is 1. The molecule has 4 aromatic rings. The van der Waals surface area contributed by atoms with Gasteiger partial charge in [0.1, 0.15) is 12.1 Å². The summed E-state index contributed by atoms with van der Waals surface area (Å²) in [5, 5.41) is 2.41. The van der Waals surface area contributed by atoms with Crippen molar-refractivity contribution in [3.05, 3.63) is 82.9 Å². The zero-order chi connectivity index (χ0) is 53.6. The summed E-state index contributed by atoms with van der Waals surface area (Å²) >= 11 is 3.10. The van der Waals surface area contributed by atoms with E-state index in [9.17, 15) is 40.8 Å². The van der Waals surface area contributed by atoms with E-state index in [-0.39, 0.29) is 57.5 Å². The number of ketones is 1. The van der Waals surface area contributed by atoms with Crippen LogP contribution in [0.2, 0.25) is 0 Å². The summed E-state index contributed by atoms with van der Waals surface area (Å²) in [6.45, 7) is 12.0. The molecule has 2 heterocycles. The molecule has 10 rings (SSSR count). The summed E-state index contributed by atoms with van der Waals surface area (Å²) < 4.78 is 67.8. The normalized spacial score (nSPS) is 26.9. The fraction of sp³-hybridized carbons (Fsp3) is 0.544. The fourth-order valence-electron chi connectivity index (χ4n) is 14.6. The van der Waals surface area contributed by atoms with Crippen molar-refractivity contribution in [2.75, 3.05) is 17.3 Å². The SMILES string of the molecule is CCCCCCCC(Sc1ccc2c3c(cccc13)C(=O)N(OS(=O)(=O)CC13CCC(C(C=O)C1)C3(C)C)C2=O)C1C(=O)C2(CS(=O)(=O)ON3C(=O)c4cccc5c(SCCCC)ccc(c45)C3=O)CCC1C2(C)C. The average Bonchev–Trinajstić information content (AvgIpc) is 3.93. The second-order valence-corrected chi connectivity index (χ2v) is 28.6. The van der Waals surface area contributed by atoms with Gasteiger partial charge < -0.3 is 4.79 Å². The molecule has 0 saturated heterocycles. The number of nitrogens with zero attached hydrogens (tertiary/aromatic N) is 2. The highest BCUT2D eigenvalue weighted by atomic mass is 32.2. The van der Waals surface area contributed by atoms with E-state index in [2.05, 4.69) is 13.8 Å². The molecule has 18 heteroatoms. The summed E-state index contributed by atoms with van der Waals surface area (Å²) in [4.78, 5) is 85.7. The van der Waals surface area contributed by atoms with Gasteiger partial charge in [0.15, 0.2) is 0 Å². The van der Waals surface area contributed by atoms with Crippen LogP contribution in [0.3, 0.4) is 0 Å². The molecule has 6 aliphatic rings. The molecule has 4 aliphatic carbocycles. The van der Waals surface area contributed by atoms with Crippen LogP contribution in [-0.2, 0) is 38.4 Å². The Bertz CT molecular complexity index is 3260.